The average Bonchev–Trinajstić information content (AvgIpc) is 1.38. The zero-order valence-electron chi connectivity index (χ0n) is 2.23. The van der Waals surface area contributed by atoms with Crippen LogP contribution in [0.1, 0.15) is 0 Å². The molecular weight excluding hydrogens is 152 g/mol. The Labute approximate surface area is 41.8 Å². The monoisotopic (exact) mass is 154 g/mol. The van der Waals surface area contributed by atoms with Crippen LogP contribution in [0.2, 0.25) is 0 Å². The van der Waals surface area contributed by atoms with Gasteiger partial charge in [-0.3, -0.25) is 0 Å². The Morgan fingerprint density at radius 3 is 2.20 bits per heavy atom. The molecule has 0 unspecified atom stereocenters. The summed E-state index contributed by atoms with van der Waals surface area (Å²) in [5.41, 5.74) is 0. The third kappa shape index (κ3) is 4.49. The fourth-order valence-corrected chi connectivity index (χ4v) is 0. The minimum absolute atomic E-state index is 1.18. The third-order valence-corrected chi connectivity index (χ3v) is 0.663. The zero-order valence-corrected chi connectivity index (χ0v) is 4.44. The van der Waals surface area contributed by atoms with E-state index in [2.05, 4.69) is 14.2 Å². The van der Waals surface area contributed by atoms with Crippen molar-refractivity contribution in [2.45, 2.75) is 0 Å². The van der Waals surface area contributed by atoms with Gasteiger partial charge in [0.25, 0.3) is 0 Å². The Hall–Kier alpha value is 0.489. The van der Waals surface area contributed by atoms with Crippen LogP contribution in [0, 0.1) is 10.2 Å². The molecule has 0 aromatic carbocycles. The Morgan fingerprint density at radius 1 is 2.00 bits per heavy atom. The second-order valence-corrected chi connectivity index (χ2v) is 3.04. The molecule has 32 valence electrons. The van der Waals surface area contributed by atoms with Crippen LogP contribution >= 0.6 is 0 Å². The molecule has 0 aliphatic carbocycles. The fraction of sp³-hybridized carbons (Fsp3) is 0. The van der Waals surface area contributed by atoms with Crippen molar-refractivity contribution >= 4 is 0 Å². The van der Waals surface area contributed by atoms with E-state index < -0.39 is 12.3 Å². The zero-order chi connectivity index (χ0) is 4.28. The van der Waals surface area contributed by atoms with E-state index in [0.717, 1.165) is 0 Å². The van der Waals surface area contributed by atoms with Gasteiger partial charge in [0.1, 0.15) is 0 Å². The van der Waals surface area contributed by atoms with Crippen molar-refractivity contribution in [1.29, 1.82) is 5.26 Å². The summed E-state index contributed by atoms with van der Waals surface area (Å²) in [6, 6.07) is 0. The van der Waals surface area contributed by atoms with Crippen molar-refractivity contribution in [2.24, 2.45) is 4.75 Å². The van der Waals surface area contributed by atoms with Crippen molar-refractivity contribution in [3.8, 4) is 4.97 Å². The number of nitriles is 1. The van der Waals surface area contributed by atoms with Gasteiger partial charge in [0.2, 0.25) is 0 Å². The summed E-state index contributed by atoms with van der Waals surface area (Å²) in [5, 5.41) is 7.74. The van der Waals surface area contributed by atoms with Crippen molar-refractivity contribution < 1.29 is 26.5 Å². The van der Waals surface area contributed by atoms with Crippen molar-refractivity contribution in [3.63, 3.8) is 0 Å². The molecule has 0 bridgehead atoms. The van der Waals surface area contributed by atoms with Crippen LogP contribution in [-0.4, -0.2) is 0 Å². The van der Waals surface area contributed by atoms with Gasteiger partial charge in [0.05, 0.1) is 0 Å². The van der Waals surface area contributed by atoms with E-state index in [1.54, 1.807) is 4.97 Å². The van der Waals surface area contributed by atoms with Gasteiger partial charge in [-0.1, -0.05) is 0 Å². The number of nitrogens with two attached hydrogens (primary N) is 1. The van der Waals surface area contributed by atoms with E-state index in [-0.39, 0.29) is 0 Å². The maximum absolute atomic E-state index is 7.74. The summed E-state index contributed by atoms with van der Waals surface area (Å²) in [7, 11) is 0. The SMILES string of the molecule is N#[C][Fe]([NH2])[Fe]. The van der Waals surface area contributed by atoms with Gasteiger partial charge in [0, 0.05) is 0 Å². The van der Waals surface area contributed by atoms with Crippen LogP contribution in [-0.2, 0) is 26.5 Å². The van der Waals surface area contributed by atoms with E-state index in [4.69, 9.17) is 10.0 Å². The van der Waals surface area contributed by atoms with Crippen LogP contribution < -0.4 is 4.75 Å². The first-order valence-corrected chi connectivity index (χ1v) is 3.92. The second kappa shape index (κ2) is 2.71. The molecule has 0 spiro atoms. The standard InChI is InChI=1S/CN.2Fe.H2N/c1-2;;;/h;;;1H2/q;;+1;-1. The molecule has 0 amide bonds. The van der Waals surface area contributed by atoms with E-state index in [1.807, 2.05) is 0 Å². The van der Waals surface area contributed by atoms with E-state index in [1.165, 1.54) is 0 Å². The summed E-state index contributed by atoms with van der Waals surface area (Å²) in [4.78, 5) is 1.78. The number of hydrogen-bond acceptors (Lipinski definition) is 2. The van der Waals surface area contributed by atoms with E-state index >= 15 is 0 Å². The molecule has 0 aliphatic heterocycles. The van der Waals surface area contributed by atoms with Crippen LogP contribution in [0.3, 0.4) is 0 Å². The van der Waals surface area contributed by atoms with Gasteiger partial charge < -0.3 is 0 Å². The van der Waals surface area contributed by atoms with Crippen molar-refractivity contribution in [2.75, 3.05) is 0 Å². The van der Waals surface area contributed by atoms with Crippen LogP contribution in [0.15, 0.2) is 0 Å². The van der Waals surface area contributed by atoms with Crippen molar-refractivity contribution in [3.05, 3.63) is 0 Å². The van der Waals surface area contributed by atoms with Gasteiger partial charge in [-0.15, -0.1) is 0 Å². The first-order valence-electron chi connectivity index (χ1n) is 0.730. The summed E-state index contributed by atoms with van der Waals surface area (Å²) < 4.78 is 4.90. The molecule has 0 rings (SSSR count). The van der Waals surface area contributed by atoms with E-state index in [9.17, 15) is 0 Å². The number of nitrogens with zero attached hydrogens (tertiary/aromatic N) is 1. The number of hydrogen-bond donors (Lipinski definition) is 1. The first kappa shape index (κ1) is 5.49. The van der Waals surface area contributed by atoms with Crippen LogP contribution in [0.5, 0.6) is 0 Å². The normalized spacial score (nSPS) is 9.40. The Balaban J connectivity index is 2.94. The van der Waals surface area contributed by atoms with Gasteiger partial charge in [-0.05, 0) is 0 Å². The molecule has 0 aromatic rings. The molecule has 0 atom stereocenters. The molecule has 2 N–H and O–H groups in total. The first-order chi connectivity index (χ1) is 2.27. The Morgan fingerprint density at radius 2 is 2.20 bits per heavy atom. The molecule has 0 heterocycles. The summed E-state index contributed by atoms with van der Waals surface area (Å²) in [6.07, 6.45) is 0. The summed E-state index contributed by atoms with van der Waals surface area (Å²) in [6.45, 7) is 0. The molecule has 0 saturated carbocycles. The predicted octanol–water partition coefficient (Wildman–Crippen LogP) is -0.579. The molecule has 5 heavy (non-hydrogen) atoms. The molecule has 0 aliphatic rings. The topological polar surface area (TPSA) is 49.8 Å². The Kier molecular flexibility index (Phi) is 2.98. The third-order valence-electron chi connectivity index (χ3n) is 0.0736. The maximum atomic E-state index is 7.74. The molecule has 0 aromatic heterocycles. The molecule has 0 saturated heterocycles. The average molecular weight is 154 g/mol. The van der Waals surface area contributed by atoms with Gasteiger partial charge in [-0.25, -0.2) is 0 Å². The molecule has 0 fully saturated rings. The van der Waals surface area contributed by atoms with Crippen molar-refractivity contribution in [1.82, 2.24) is 0 Å². The van der Waals surface area contributed by atoms with Crippen LogP contribution in [0.4, 0.5) is 0 Å². The summed E-state index contributed by atoms with van der Waals surface area (Å²) >= 11 is 2.08. The molecular formula is CH2Fe2N2. The fourth-order valence-electron chi connectivity index (χ4n) is 0. The molecule has 0 radical (unpaired) electrons. The van der Waals surface area contributed by atoms with Gasteiger partial charge in [-0.2, -0.15) is 0 Å². The second-order valence-electron chi connectivity index (χ2n) is 0.316. The molecule has 2 nitrogen and oxygen atoms in total. The van der Waals surface area contributed by atoms with Crippen LogP contribution in [0.25, 0.3) is 0 Å². The van der Waals surface area contributed by atoms with Gasteiger partial charge in [0.15, 0.2) is 0 Å². The minimum atomic E-state index is -1.18. The summed E-state index contributed by atoms with van der Waals surface area (Å²) in [5.74, 6) is 0. The molecule has 4 heteroatoms. The quantitative estimate of drug-likeness (QED) is 0.474. The Bertz CT molecular complexity index is 53.2. The van der Waals surface area contributed by atoms with Gasteiger partial charge >= 0.3 is 41.5 Å². The predicted molar refractivity (Wildman–Crippen MR) is 9.80 cm³/mol. The van der Waals surface area contributed by atoms with E-state index in [0.29, 0.717) is 0 Å². The number of rotatable bonds is 0.